The van der Waals surface area contributed by atoms with Crippen LogP contribution >= 0.6 is 15.9 Å². The molecule has 0 aliphatic heterocycles. The summed E-state index contributed by atoms with van der Waals surface area (Å²) < 4.78 is 20.1. The second-order valence-electron chi connectivity index (χ2n) is 5.40. The molecule has 0 unspecified atom stereocenters. The van der Waals surface area contributed by atoms with Gasteiger partial charge in [-0.3, -0.25) is 4.79 Å². The van der Waals surface area contributed by atoms with Crippen LogP contribution in [0, 0.1) is 5.82 Å². The van der Waals surface area contributed by atoms with E-state index in [4.69, 9.17) is 4.74 Å². The molecule has 5 heteroatoms. The molecular weight excluding hydrogens is 385 g/mol. The van der Waals surface area contributed by atoms with E-state index < -0.39 is 5.82 Å². The van der Waals surface area contributed by atoms with E-state index in [1.807, 2.05) is 30.3 Å². The van der Waals surface area contributed by atoms with E-state index in [1.165, 1.54) is 6.07 Å². The topological polar surface area (TPSA) is 38.3 Å². The van der Waals surface area contributed by atoms with E-state index in [-0.39, 0.29) is 12.3 Å². The Morgan fingerprint density at radius 3 is 2.36 bits per heavy atom. The van der Waals surface area contributed by atoms with Gasteiger partial charge in [0.15, 0.2) is 0 Å². The number of benzene rings is 3. The van der Waals surface area contributed by atoms with Gasteiger partial charge in [-0.15, -0.1) is 0 Å². The van der Waals surface area contributed by atoms with Gasteiger partial charge in [0, 0.05) is 10.2 Å². The Bertz CT molecular complexity index is 867. The first kappa shape index (κ1) is 17.2. The maximum absolute atomic E-state index is 13.7. The van der Waals surface area contributed by atoms with Crippen LogP contribution in [0.3, 0.4) is 0 Å². The zero-order valence-corrected chi connectivity index (χ0v) is 14.8. The number of nitrogens with one attached hydrogen (secondary N) is 1. The lowest BCUT2D eigenvalue weighted by Gasteiger charge is -2.09. The molecule has 3 nitrogen and oxygen atoms in total. The first-order chi connectivity index (χ1) is 12.1. The fourth-order valence-electron chi connectivity index (χ4n) is 2.29. The third kappa shape index (κ3) is 4.90. The summed E-state index contributed by atoms with van der Waals surface area (Å²) in [6.45, 7) is 0. The van der Waals surface area contributed by atoms with Crippen molar-refractivity contribution in [2.45, 2.75) is 6.42 Å². The van der Waals surface area contributed by atoms with Crippen molar-refractivity contribution in [2.75, 3.05) is 5.32 Å². The lowest BCUT2D eigenvalue weighted by molar-refractivity contribution is -0.115. The molecule has 1 amide bonds. The summed E-state index contributed by atoms with van der Waals surface area (Å²) in [5, 5.41) is 2.75. The third-order valence-electron chi connectivity index (χ3n) is 3.48. The van der Waals surface area contributed by atoms with E-state index >= 15 is 0 Å². The Labute approximate surface area is 153 Å². The van der Waals surface area contributed by atoms with E-state index in [0.717, 1.165) is 10.2 Å². The van der Waals surface area contributed by atoms with Crippen LogP contribution < -0.4 is 10.1 Å². The van der Waals surface area contributed by atoms with E-state index in [1.54, 1.807) is 36.4 Å². The molecule has 0 heterocycles. The SMILES string of the molecule is O=C(Cc1cc(Br)ccc1F)Nc1ccc(Oc2ccccc2)cc1. The predicted molar refractivity (Wildman–Crippen MR) is 99.4 cm³/mol. The van der Waals surface area contributed by atoms with E-state index in [2.05, 4.69) is 21.2 Å². The maximum Gasteiger partial charge on any atom is 0.228 e. The summed E-state index contributed by atoms with van der Waals surface area (Å²) in [6.07, 6.45) is -0.0342. The normalized spacial score (nSPS) is 10.3. The van der Waals surface area contributed by atoms with Crippen LogP contribution in [0.4, 0.5) is 10.1 Å². The maximum atomic E-state index is 13.7. The van der Waals surface area contributed by atoms with Crippen LogP contribution in [-0.4, -0.2) is 5.91 Å². The molecule has 3 aromatic rings. The van der Waals surface area contributed by atoms with Gasteiger partial charge in [-0.1, -0.05) is 34.1 Å². The molecule has 0 bridgehead atoms. The summed E-state index contributed by atoms with van der Waals surface area (Å²) in [5.74, 6) is 0.727. The average molecular weight is 400 g/mol. The van der Waals surface area contributed by atoms with Crippen molar-refractivity contribution in [1.29, 1.82) is 0 Å². The van der Waals surface area contributed by atoms with Crippen molar-refractivity contribution in [3.63, 3.8) is 0 Å². The average Bonchev–Trinajstić information content (AvgIpc) is 2.61. The van der Waals surface area contributed by atoms with Crippen LogP contribution in [0.25, 0.3) is 0 Å². The lowest BCUT2D eigenvalue weighted by atomic mass is 10.1. The van der Waals surface area contributed by atoms with Crippen LogP contribution in [-0.2, 0) is 11.2 Å². The van der Waals surface area contributed by atoms with E-state index in [9.17, 15) is 9.18 Å². The van der Waals surface area contributed by atoms with E-state index in [0.29, 0.717) is 17.0 Å². The summed E-state index contributed by atoms with van der Waals surface area (Å²) in [4.78, 5) is 12.1. The molecule has 0 fully saturated rings. The highest BCUT2D eigenvalue weighted by Crippen LogP contribution is 2.23. The smallest absolute Gasteiger partial charge is 0.228 e. The van der Waals surface area contributed by atoms with Crippen LogP contribution in [0.5, 0.6) is 11.5 Å². The zero-order valence-electron chi connectivity index (χ0n) is 13.2. The minimum atomic E-state index is -0.398. The summed E-state index contributed by atoms with van der Waals surface area (Å²) in [7, 11) is 0. The highest BCUT2D eigenvalue weighted by atomic mass is 79.9. The molecular formula is C20H15BrFNO2. The Balaban J connectivity index is 1.61. The molecule has 0 spiro atoms. The zero-order chi connectivity index (χ0) is 17.6. The number of amides is 1. The number of halogens is 2. The number of rotatable bonds is 5. The molecule has 3 rings (SSSR count). The predicted octanol–water partition coefficient (Wildman–Crippen LogP) is 5.56. The molecule has 3 aromatic carbocycles. The molecule has 25 heavy (non-hydrogen) atoms. The van der Waals surface area contributed by atoms with Crippen molar-refractivity contribution in [2.24, 2.45) is 0 Å². The third-order valence-corrected chi connectivity index (χ3v) is 3.97. The van der Waals surface area contributed by atoms with Crippen LogP contribution in [0.15, 0.2) is 77.3 Å². The van der Waals surface area contributed by atoms with Crippen molar-refractivity contribution >= 4 is 27.5 Å². The molecule has 0 aliphatic carbocycles. The molecule has 0 aromatic heterocycles. The molecule has 0 saturated carbocycles. The Morgan fingerprint density at radius 2 is 1.64 bits per heavy atom. The number of carbonyl (C=O) groups is 1. The molecule has 0 saturated heterocycles. The van der Waals surface area contributed by atoms with Crippen LogP contribution in [0.1, 0.15) is 5.56 Å². The Kier molecular flexibility index (Phi) is 5.46. The van der Waals surface area contributed by atoms with Gasteiger partial charge in [-0.05, 0) is 60.2 Å². The standard InChI is InChI=1S/C20H15BrFNO2/c21-15-6-11-19(22)14(12-15)13-20(24)23-16-7-9-18(10-8-16)25-17-4-2-1-3-5-17/h1-12H,13H2,(H,23,24). The van der Waals surface area contributed by atoms with Gasteiger partial charge in [0.05, 0.1) is 6.42 Å². The number of anilines is 1. The first-order valence-corrected chi connectivity index (χ1v) is 8.46. The molecule has 1 N–H and O–H groups in total. The largest absolute Gasteiger partial charge is 0.457 e. The quantitative estimate of drug-likeness (QED) is 0.609. The first-order valence-electron chi connectivity index (χ1n) is 7.67. The van der Waals surface area contributed by atoms with Crippen molar-refractivity contribution in [3.8, 4) is 11.5 Å². The van der Waals surface area contributed by atoms with Gasteiger partial charge in [0.25, 0.3) is 0 Å². The van der Waals surface area contributed by atoms with Gasteiger partial charge in [-0.2, -0.15) is 0 Å². The van der Waals surface area contributed by atoms with Crippen LogP contribution in [0.2, 0.25) is 0 Å². The lowest BCUT2D eigenvalue weighted by Crippen LogP contribution is -2.15. The monoisotopic (exact) mass is 399 g/mol. The summed E-state index contributed by atoms with van der Waals surface area (Å²) in [5.41, 5.74) is 0.969. The minimum Gasteiger partial charge on any atom is -0.457 e. The molecule has 126 valence electrons. The summed E-state index contributed by atoms with van der Waals surface area (Å²) in [6, 6.07) is 21.0. The van der Waals surface area contributed by atoms with Crippen molar-refractivity contribution < 1.29 is 13.9 Å². The molecule has 0 aliphatic rings. The van der Waals surface area contributed by atoms with Gasteiger partial charge in [0.2, 0.25) is 5.91 Å². The van der Waals surface area contributed by atoms with Gasteiger partial charge in [-0.25, -0.2) is 4.39 Å². The van der Waals surface area contributed by atoms with Gasteiger partial charge in [0.1, 0.15) is 17.3 Å². The van der Waals surface area contributed by atoms with Gasteiger partial charge < -0.3 is 10.1 Å². The number of hydrogen-bond donors (Lipinski definition) is 1. The number of para-hydroxylation sites is 1. The number of hydrogen-bond acceptors (Lipinski definition) is 2. The molecule has 0 radical (unpaired) electrons. The molecule has 0 atom stereocenters. The highest BCUT2D eigenvalue weighted by molar-refractivity contribution is 9.10. The second-order valence-corrected chi connectivity index (χ2v) is 6.32. The second kappa shape index (κ2) is 7.94. The van der Waals surface area contributed by atoms with Crippen molar-refractivity contribution in [1.82, 2.24) is 0 Å². The minimum absolute atomic E-state index is 0.0342. The fraction of sp³-hybridized carbons (Fsp3) is 0.0500. The highest BCUT2D eigenvalue weighted by Gasteiger charge is 2.09. The van der Waals surface area contributed by atoms with Crippen molar-refractivity contribution in [3.05, 3.63) is 88.6 Å². The summed E-state index contributed by atoms with van der Waals surface area (Å²) >= 11 is 3.28. The Morgan fingerprint density at radius 1 is 0.960 bits per heavy atom. The van der Waals surface area contributed by atoms with Gasteiger partial charge >= 0.3 is 0 Å². The number of carbonyl (C=O) groups excluding carboxylic acids is 1. The Hall–Kier alpha value is -2.66. The number of ether oxygens (including phenoxy) is 1. The fourth-order valence-corrected chi connectivity index (χ4v) is 2.70.